The fourth-order valence-corrected chi connectivity index (χ4v) is 2.52. The SMILES string of the molecule is CN1CCC(c2cc3cccnc3[nH]2)CC1. The van der Waals surface area contributed by atoms with Crippen molar-refractivity contribution in [2.75, 3.05) is 20.1 Å². The Bertz CT molecular complexity index is 448. The predicted molar refractivity (Wildman–Crippen MR) is 65.6 cm³/mol. The maximum absolute atomic E-state index is 4.35. The molecule has 1 aliphatic heterocycles. The van der Waals surface area contributed by atoms with Crippen LogP contribution in [0.1, 0.15) is 24.5 Å². The zero-order valence-corrected chi connectivity index (χ0v) is 9.61. The zero-order valence-electron chi connectivity index (χ0n) is 9.61. The van der Waals surface area contributed by atoms with Crippen molar-refractivity contribution < 1.29 is 0 Å². The van der Waals surface area contributed by atoms with Gasteiger partial charge in [0.1, 0.15) is 5.65 Å². The standard InChI is InChI=1S/C13H17N3/c1-16-7-4-10(5-8-16)12-9-11-3-2-6-14-13(11)15-12/h2-3,6,9-10H,4-5,7-8H2,1H3,(H,14,15). The van der Waals surface area contributed by atoms with Crippen LogP contribution in [0, 0.1) is 0 Å². The molecule has 3 heteroatoms. The average molecular weight is 215 g/mol. The fraction of sp³-hybridized carbons (Fsp3) is 0.462. The van der Waals surface area contributed by atoms with E-state index in [0.717, 1.165) is 5.65 Å². The minimum absolute atomic E-state index is 0.686. The number of aromatic amines is 1. The normalized spacial score (nSPS) is 19.3. The minimum atomic E-state index is 0.686. The Labute approximate surface area is 95.5 Å². The Kier molecular flexibility index (Phi) is 2.40. The van der Waals surface area contributed by atoms with Gasteiger partial charge in [0.2, 0.25) is 0 Å². The van der Waals surface area contributed by atoms with Gasteiger partial charge in [0.25, 0.3) is 0 Å². The van der Waals surface area contributed by atoms with E-state index in [2.05, 4.69) is 34.0 Å². The molecule has 0 atom stereocenters. The van der Waals surface area contributed by atoms with Crippen molar-refractivity contribution in [1.29, 1.82) is 0 Å². The number of aromatic nitrogens is 2. The Hall–Kier alpha value is -1.35. The molecule has 3 heterocycles. The number of H-pyrrole nitrogens is 1. The molecule has 84 valence electrons. The lowest BCUT2D eigenvalue weighted by Crippen LogP contribution is -2.29. The van der Waals surface area contributed by atoms with Crippen molar-refractivity contribution in [1.82, 2.24) is 14.9 Å². The van der Waals surface area contributed by atoms with E-state index in [1.807, 2.05) is 12.3 Å². The highest BCUT2D eigenvalue weighted by Crippen LogP contribution is 2.28. The number of hydrogen-bond donors (Lipinski definition) is 1. The summed E-state index contributed by atoms with van der Waals surface area (Å²) < 4.78 is 0. The number of rotatable bonds is 1. The van der Waals surface area contributed by atoms with E-state index in [1.54, 1.807) is 0 Å². The summed E-state index contributed by atoms with van der Waals surface area (Å²) in [6.07, 6.45) is 4.35. The molecule has 0 aliphatic carbocycles. The van der Waals surface area contributed by atoms with E-state index < -0.39 is 0 Å². The van der Waals surface area contributed by atoms with Gasteiger partial charge in [0.15, 0.2) is 0 Å². The first-order chi connectivity index (χ1) is 7.83. The minimum Gasteiger partial charge on any atom is -0.343 e. The van der Waals surface area contributed by atoms with Gasteiger partial charge in [-0.25, -0.2) is 4.98 Å². The summed E-state index contributed by atoms with van der Waals surface area (Å²) in [7, 11) is 2.20. The maximum Gasteiger partial charge on any atom is 0.137 e. The fourth-order valence-electron chi connectivity index (χ4n) is 2.52. The molecule has 1 N–H and O–H groups in total. The van der Waals surface area contributed by atoms with E-state index >= 15 is 0 Å². The summed E-state index contributed by atoms with van der Waals surface area (Å²) in [6.45, 7) is 2.40. The van der Waals surface area contributed by atoms with Crippen molar-refractivity contribution >= 4 is 11.0 Å². The van der Waals surface area contributed by atoms with Crippen LogP contribution in [0.3, 0.4) is 0 Å². The highest BCUT2D eigenvalue weighted by Gasteiger charge is 2.19. The van der Waals surface area contributed by atoms with Crippen molar-refractivity contribution in [3.63, 3.8) is 0 Å². The molecule has 3 rings (SSSR count). The zero-order chi connectivity index (χ0) is 11.0. The molecule has 2 aromatic heterocycles. The molecule has 0 radical (unpaired) electrons. The van der Waals surface area contributed by atoms with Crippen molar-refractivity contribution in [3.05, 3.63) is 30.1 Å². The lowest BCUT2D eigenvalue weighted by molar-refractivity contribution is 0.254. The Morgan fingerprint density at radius 1 is 1.38 bits per heavy atom. The quantitative estimate of drug-likeness (QED) is 0.792. The van der Waals surface area contributed by atoms with Crippen molar-refractivity contribution in [2.24, 2.45) is 0 Å². The second kappa shape index (κ2) is 3.91. The molecular formula is C13H17N3. The third-order valence-corrected chi connectivity index (χ3v) is 3.57. The molecule has 0 spiro atoms. The van der Waals surface area contributed by atoms with Gasteiger partial charge in [-0.3, -0.25) is 0 Å². The first kappa shape index (κ1) is 9.85. The second-order valence-corrected chi connectivity index (χ2v) is 4.74. The van der Waals surface area contributed by atoms with E-state index in [9.17, 15) is 0 Å². The summed E-state index contributed by atoms with van der Waals surface area (Å²) in [5.74, 6) is 0.686. The highest BCUT2D eigenvalue weighted by atomic mass is 15.1. The molecule has 2 aromatic rings. The number of hydrogen-bond acceptors (Lipinski definition) is 2. The van der Waals surface area contributed by atoms with Gasteiger partial charge >= 0.3 is 0 Å². The van der Waals surface area contributed by atoms with Crippen LogP contribution in [0.4, 0.5) is 0 Å². The molecule has 1 saturated heterocycles. The summed E-state index contributed by atoms with van der Waals surface area (Å²) in [5, 5.41) is 1.23. The van der Waals surface area contributed by atoms with Crippen LogP contribution in [-0.4, -0.2) is 35.0 Å². The van der Waals surface area contributed by atoms with Gasteiger partial charge in [0.05, 0.1) is 0 Å². The molecule has 3 nitrogen and oxygen atoms in total. The van der Waals surface area contributed by atoms with Crippen LogP contribution >= 0.6 is 0 Å². The molecular weight excluding hydrogens is 198 g/mol. The van der Waals surface area contributed by atoms with E-state index in [1.165, 1.54) is 37.0 Å². The van der Waals surface area contributed by atoms with Crippen LogP contribution in [0.2, 0.25) is 0 Å². The van der Waals surface area contributed by atoms with Crippen LogP contribution in [-0.2, 0) is 0 Å². The highest BCUT2D eigenvalue weighted by molar-refractivity contribution is 5.76. The van der Waals surface area contributed by atoms with Crippen LogP contribution < -0.4 is 0 Å². The number of nitrogens with zero attached hydrogens (tertiary/aromatic N) is 2. The van der Waals surface area contributed by atoms with E-state index in [4.69, 9.17) is 0 Å². The van der Waals surface area contributed by atoms with Gasteiger partial charge in [-0.05, 0) is 51.2 Å². The second-order valence-electron chi connectivity index (χ2n) is 4.74. The largest absolute Gasteiger partial charge is 0.343 e. The first-order valence-electron chi connectivity index (χ1n) is 5.95. The third kappa shape index (κ3) is 1.71. The summed E-state index contributed by atoms with van der Waals surface area (Å²) in [5.41, 5.74) is 2.39. The van der Waals surface area contributed by atoms with Gasteiger partial charge in [-0.1, -0.05) is 0 Å². The van der Waals surface area contributed by atoms with Gasteiger partial charge < -0.3 is 9.88 Å². The molecule has 0 saturated carbocycles. The monoisotopic (exact) mass is 215 g/mol. The lowest BCUT2D eigenvalue weighted by atomic mass is 9.94. The van der Waals surface area contributed by atoms with E-state index in [0.29, 0.717) is 5.92 Å². The van der Waals surface area contributed by atoms with E-state index in [-0.39, 0.29) is 0 Å². The van der Waals surface area contributed by atoms with Crippen LogP contribution in [0.5, 0.6) is 0 Å². The van der Waals surface area contributed by atoms with Gasteiger partial charge in [-0.2, -0.15) is 0 Å². The maximum atomic E-state index is 4.35. The van der Waals surface area contributed by atoms with Gasteiger partial charge in [0, 0.05) is 23.2 Å². The topological polar surface area (TPSA) is 31.9 Å². The number of fused-ring (bicyclic) bond motifs is 1. The van der Waals surface area contributed by atoms with Crippen LogP contribution in [0.25, 0.3) is 11.0 Å². The molecule has 0 bridgehead atoms. The number of pyridine rings is 1. The average Bonchev–Trinajstić information content (AvgIpc) is 2.73. The third-order valence-electron chi connectivity index (χ3n) is 3.57. The summed E-state index contributed by atoms with van der Waals surface area (Å²) >= 11 is 0. The predicted octanol–water partition coefficient (Wildman–Crippen LogP) is 2.37. The number of piperidine rings is 1. The lowest BCUT2D eigenvalue weighted by Gasteiger charge is -2.28. The summed E-state index contributed by atoms with van der Waals surface area (Å²) in [4.78, 5) is 10.2. The smallest absolute Gasteiger partial charge is 0.137 e. The number of likely N-dealkylation sites (tertiary alicyclic amines) is 1. The molecule has 0 amide bonds. The molecule has 16 heavy (non-hydrogen) atoms. The molecule has 0 unspecified atom stereocenters. The Morgan fingerprint density at radius 2 is 2.19 bits per heavy atom. The van der Waals surface area contributed by atoms with Crippen LogP contribution in [0.15, 0.2) is 24.4 Å². The first-order valence-corrected chi connectivity index (χ1v) is 5.95. The van der Waals surface area contributed by atoms with Crippen molar-refractivity contribution in [3.8, 4) is 0 Å². The Balaban J connectivity index is 1.88. The molecule has 1 fully saturated rings. The number of nitrogens with one attached hydrogen (secondary N) is 1. The molecule has 1 aliphatic rings. The molecule has 0 aromatic carbocycles. The Morgan fingerprint density at radius 3 is 2.94 bits per heavy atom. The summed E-state index contributed by atoms with van der Waals surface area (Å²) in [6, 6.07) is 6.38. The van der Waals surface area contributed by atoms with Crippen molar-refractivity contribution in [2.45, 2.75) is 18.8 Å². The van der Waals surface area contributed by atoms with Gasteiger partial charge in [-0.15, -0.1) is 0 Å².